The van der Waals surface area contributed by atoms with E-state index in [1.165, 1.54) is 11.8 Å². The number of hydrogen-bond acceptors (Lipinski definition) is 5. The summed E-state index contributed by atoms with van der Waals surface area (Å²) in [6.45, 7) is 5.87. The Morgan fingerprint density at radius 1 is 1.33 bits per heavy atom. The van der Waals surface area contributed by atoms with Crippen molar-refractivity contribution in [1.82, 2.24) is 20.2 Å². The largest absolute Gasteiger partial charge is 0.215 e. The molecule has 0 radical (unpaired) electrons. The Kier molecular flexibility index (Phi) is 3.63. The highest BCUT2D eigenvalue weighted by Gasteiger charge is 2.15. The number of aryl methyl sites for hydroxylation is 2. The lowest BCUT2D eigenvalue weighted by Crippen LogP contribution is -2.05. The quantitative estimate of drug-likeness (QED) is 0.791. The molecule has 1 aromatic carbocycles. The van der Waals surface area contributed by atoms with Gasteiger partial charge in [-0.3, -0.25) is 0 Å². The van der Waals surface area contributed by atoms with Crippen molar-refractivity contribution in [2.45, 2.75) is 31.2 Å². The minimum atomic E-state index is -0.181. The third-order valence-corrected chi connectivity index (χ3v) is 3.48. The molecular weight excluding hydrogens is 246 g/mol. The number of benzene rings is 1. The summed E-state index contributed by atoms with van der Waals surface area (Å²) in [4.78, 5) is 0. The Morgan fingerprint density at radius 3 is 2.61 bits per heavy atom. The monoisotopic (exact) mass is 259 g/mol. The van der Waals surface area contributed by atoms with E-state index in [9.17, 15) is 0 Å². The zero-order valence-electron chi connectivity index (χ0n) is 10.5. The lowest BCUT2D eigenvalue weighted by Gasteiger charge is -2.10. The standard InChI is InChI=1S/C12H13N5S/c1-8-5-4-6-9(2)11(8)17-12(14-15-16-17)18-10(3)7-13/h4-6,10H,1-3H3. The number of hydrogen-bond donors (Lipinski definition) is 0. The molecule has 0 fully saturated rings. The molecule has 92 valence electrons. The van der Waals surface area contributed by atoms with E-state index in [0.29, 0.717) is 5.16 Å². The fourth-order valence-electron chi connectivity index (χ4n) is 1.72. The van der Waals surface area contributed by atoms with Gasteiger partial charge in [0.1, 0.15) is 0 Å². The molecule has 1 atom stereocenters. The summed E-state index contributed by atoms with van der Waals surface area (Å²) < 4.78 is 1.70. The molecule has 1 heterocycles. The average molecular weight is 259 g/mol. The van der Waals surface area contributed by atoms with Crippen LogP contribution < -0.4 is 0 Å². The second-order valence-corrected chi connectivity index (χ2v) is 5.31. The predicted octanol–water partition coefficient (Wildman–Crippen LogP) is 2.28. The van der Waals surface area contributed by atoms with Gasteiger partial charge < -0.3 is 0 Å². The maximum atomic E-state index is 8.86. The molecule has 1 unspecified atom stereocenters. The molecule has 5 nitrogen and oxygen atoms in total. The first-order valence-corrected chi connectivity index (χ1v) is 6.42. The van der Waals surface area contributed by atoms with Gasteiger partial charge in [0.15, 0.2) is 0 Å². The Bertz CT molecular complexity index is 579. The van der Waals surface area contributed by atoms with Gasteiger partial charge in [-0.1, -0.05) is 30.0 Å². The number of aromatic nitrogens is 4. The van der Waals surface area contributed by atoms with E-state index >= 15 is 0 Å². The van der Waals surface area contributed by atoms with Crippen LogP contribution in [0.25, 0.3) is 5.69 Å². The highest BCUT2D eigenvalue weighted by atomic mass is 32.2. The van der Waals surface area contributed by atoms with Crippen molar-refractivity contribution in [3.8, 4) is 11.8 Å². The molecule has 0 aliphatic heterocycles. The molecule has 0 aliphatic carbocycles. The molecule has 0 spiro atoms. The summed E-state index contributed by atoms with van der Waals surface area (Å²) in [6.07, 6.45) is 0. The van der Waals surface area contributed by atoms with Crippen molar-refractivity contribution in [3.63, 3.8) is 0 Å². The average Bonchev–Trinajstić information content (AvgIpc) is 2.77. The third kappa shape index (κ3) is 2.36. The number of para-hydroxylation sites is 1. The van der Waals surface area contributed by atoms with E-state index in [0.717, 1.165) is 16.8 Å². The topological polar surface area (TPSA) is 67.4 Å². The minimum absolute atomic E-state index is 0.181. The van der Waals surface area contributed by atoms with Crippen LogP contribution in [0.5, 0.6) is 0 Å². The van der Waals surface area contributed by atoms with Crippen LogP contribution in [0.2, 0.25) is 0 Å². The molecule has 18 heavy (non-hydrogen) atoms. The van der Waals surface area contributed by atoms with Crippen LogP contribution >= 0.6 is 11.8 Å². The third-order valence-electron chi connectivity index (χ3n) is 2.56. The lowest BCUT2D eigenvalue weighted by atomic mass is 10.1. The van der Waals surface area contributed by atoms with Crippen molar-refractivity contribution in [2.24, 2.45) is 0 Å². The van der Waals surface area contributed by atoms with Gasteiger partial charge in [0.25, 0.3) is 0 Å². The molecule has 1 aromatic heterocycles. The number of rotatable bonds is 3. The first-order valence-electron chi connectivity index (χ1n) is 5.54. The fraction of sp³-hybridized carbons (Fsp3) is 0.333. The molecule has 0 saturated carbocycles. The van der Waals surface area contributed by atoms with Crippen molar-refractivity contribution in [1.29, 1.82) is 5.26 Å². The van der Waals surface area contributed by atoms with Crippen molar-refractivity contribution in [2.75, 3.05) is 0 Å². The first-order chi connectivity index (χ1) is 8.63. The van der Waals surface area contributed by atoms with Gasteiger partial charge in [-0.15, -0.1) is 5.10 Å². The van der Waals surface area contributed by atoms with Gasteiger partial charge in [-0.2, -0.15) is 9.94 Å². The Morgan fingerprint density at radius 2 is 2.00 bits per heavy atom. The van der Waals surface area contributed by atoms with Crippen LogP contribution in [0.3, 0.4) is 0 Å². The van der Waals surface area contributed by atoms with Crippen LogP contribution in [0.1, 0.15) is 18.1 Å². The second kappa shape index (κ2) is 5.19. The van der Waals surface area contributed by atoms with Crippen LogP contribution in [0.4, 0.5) is 0 Å². The van der Waals surface area contributed by atoms with E-state index in [1.54, 1.807) is 4.68 Å². The molecular formula is C12H13N5S. The molecule has 0 N–H and O–H groups in total. The van der Waals surface area contributed by atoms with E-state index in [1.807, 2.05) is 39.0 Å². The number of thioether (sulfide) groups is 1. The molecule has 2 rings (SSSR count). The number of tetrazole rings is 1. The fourth-order valence-corrected chi connectivity index (χ4v) is 2.40. The summed E-state index contributed by atoms with van der Waals surface area (Å²) >= 11 is 1.35. The Labute approximate surface area is 110 Å². The second-order valence-electron chi connectivity index (χ2n) is 4.00. The van der Waals surface area contributed by atoms with E-state index in [4.69, 9.17) is 5.26 Å². The molecule has 0 saturated heterocycles. The molecule has 0 amide bonds. The summed E-state index contributed by atoms with van der Waals surface area (Å²) in [5.74, 6) is 0. The van der Waals surface area contributed by atoms with Crippen molar-refractivity contribution in [3.05, 3.63) is 29.3 Å². The van der Waals surface area contributed by atoms with E-state index in [2.05, 4.69) is 21.6 Å². The van der Waals surface area contributed by atoms with Gasteiger partial charge in [-0.25, -0.2) is 0 Å². The smallest absolute Gasteiger partial charge is 0.197 e. The van der Waals surface area contributed by atoms with Crippen LogP contribution in [0, 0.1) is 25.2 Å². The van der Waals surface area contributed by atoms with E-state index < -0.39 is 0 Å². The predicted molar refractivity (Wildman–Crippen MR) is 69.6 cm³/mol. The zero-order valence-corrected chi connectivity index (χ0v) is 11.3. The van der Waals surface area contributed by atoms with Crippen LogP contribution in [0.15, 0.2) is 23.4 Å². The molecule has 0 aliphatic rings. The summed E-state index contributed by atoms with van der Waals surface area (Å²) in [5, 5.41) is 21.0. The first kappa shape index (κ1) is 12.6. The molecule has 2 aromatic rings. The van der Waals surface area contributed by atoms with E-state index in [-0.39, 0.29) is 5.25 Å². The zero-order chi connectivity index (χ0) is 13.1. The van der Waals surface area contributed by atoms with Gasteiger partial charge in [0, 0.05) is 0 Å². The van der Waals surface area contributed by atoms with Crippen molar-refractivity contribution >= 4 is 11.8 Å². The van der Waals surface area contributed by atoms with Gasteiger partial charge in [0.05, 0.1) is 17.0 Å². The Balaban J connectivity index is 2.47. The Hall–Kier alpha value is -1.87. The van der Waals surface area contributed by atoms with Crippen LogP contribution in [-0.4, -0.2) is 25.5 Å². The minimum Gasteiger partial charge on any atom is -0.197 e. The number of nitrogens with zero attached hydrogens (tertiary/aromatic N) is 5. The normalized spacial score (nSPS) is 12.1. The molecule has 0 bridgehead atoms. The summed E-state index contributed by atoms with van der Waals surface area (Å²) in [5.41, 5.74) is 3.19. The lowest BCUT2D eigenvalue weighted by molar-refractivity contribution is 0.747. The summed E-state index contributed by atoms with van der Waals surface area (Å²) in [7, 11) is 0. The highest BCUT2D eigenvalue weighted by Crippen LogP contribution is 2.25. The van der Waals surface area contributed by atoms with Crippen LogP contribution in [-0.2, 0) is 0 Å². The summed E-state index contributed by atoms with van der Waals surface area (Å²) in [6, 6.07) is 8.21. The number of nitriles is 1. The highest BCUT2D eigenvalue weighted by molar-refractivity contribution is 8.00. The molecule has 6 heteroatoms. The van der Waals surface area contributed by atoms with Gasteiger partial charge in [0.2, 0.25) is 5.16 Å². The van der Waals surface area contributed by atoms with Crippen molar-refractivity contribution < 1.29 is 0 Å². The van der Waals surface area contributed by atoms with Gasteiger partial charge >= 0.3 is 0 Å². The SMILES string of the molecule is Cc1cccc(C)c1-n1nnnc1SC(C)C#N. The van der Waals surface area contributed by atoms with Gasteiger partial charge in [-0.05, 0) is 42.3 Å². The maximum absolute atomic E-state index is 8.86. The maximum Gasteiger partial charge on any atom is 0.215 e.